The molecule has 0 heterocycles. The molecule has 5 atom stereocenters. The first-order valence-corrected chi connectivity index (χ1v) is 10.4. The van der Waals surface area contributed by atoms with Crippen molar-refractivity contribution in [3.05, 3.63) is 0 Å². The summed E-state index contributed by atoms with van der Waals surface area (Å²) >= 11 is 4.02. The quantitative estimate of drug-likeness (QED) is 0.128. The molecule has 13 heteroatoms. The van der Waals surface area contributed by atoms with Crippen LogP contribution >= 0.6 is 12.6 Å². The van der Waals surface area contributed by atoms with Gasteiger partial charge in [0, 0.05) is 12.2 Å². The molecule has 0 aliphatic rings. The van der Waals surface area contributed by atoms with E-state index < -0.39 is 59.9 Å². The Morgan fingerprint density at radius 3 is 1.90 bits per heavy atom. The number of aliphatic carboxylic acids is 1. The van der Waals surface area contributed by atoms with Crippen LogP contribution in [0.25, 0.3) is 0 Å². The van der Waals surface area contributed by atoms with Crippen LogP contribution in [0.15, 0.2) is 0 Å². The van der Waals surface area contributed by atoms with Crippen LogP contribution < -0.4 is 27.4 Å². The molecule has 0 aliphatic heterocycles. The van der Waals surface area contributed by atoms with Gasteiger partial charge in [-0.1, -0.05) is 13.8 Å². The van der Waals surface area contributed by atoms with Crippen molar-refractivity contribution in [2.45, 2.75) is 70.3 Å². The Morgan fingerprint density at radius 2 is 1.48 bits per heavy atom. The van der Waals surface area contributed by atoms with Gasteiger partial charge in [0.05, 0.1) is 12.1 Å². The highest BCUT2D eigenvalue weighted by atomic mass is 32.1. The molecule has 0 aromatic carbocycles. The highest BCUT2D eigenvalue weighted by Gasteiger charge is 2.32. The fourth-order valence-corrected chi connectivity index (χ4v) is 2.81. The van der Waals surface area contributed by atoms with Crippen LogP contribution in [-0.4, -0.2) is 75.8 Å². The third kappa shape index (κ3) is 11.0. The molecule has 0 bridgehead atoms. The van der Waals surface area contributed by atoms with Gasteiger partial charge in [0.1, 0.15) is 18.1 Å². The number of carboxylic acid groups (broad SMARTS) is 1. The minimum atomic E-state index is -1.52. The van der Waals surface area contributed by atoms with E-state index in [2.05, 4.69) is 28.6 Å². The predicted molar refractivity (Wildman–Crippen MR) is 115 cm³/mol. The van der Waals surface area contributed by atoms with Crippen molar-refractivity contribution in [1.29, 1.82) is 0 Å². The Labute approximate surface area is 186 Å². The number of carbonyl (C=O) groups excluding carboxylic acids is 4. The lowest BCUT2D eigenvalue weighted by Gasteiger charge is -2.26. The zero-order valence-electron chi connectivity index (χ0n) is 17.8. The second kappa shape index (κ2) is 13.8. The number of carbonyl (C=O) groups is 5. The third-order valence-corrected chi connectivity index (χ3v) is 4.60. The molecule has 0 fully saturated rings. The molecule has 12 nitrogen and oxygen atoms in total. The molecule has 0 aromatic rings. The largest absolute Gasteiger partial charge is 0.480 e. The maximum Gasteiger partial charge on any atom is 0.326 e. The number of aliphatic hydroxyl groups is 1. The average Bonchev–Trinajstić information content (AvgIpc) is 2.65. The Hall–Kier alpha value is -2.38. The van der Waals surface area contributed by atoms with Crippen molar-refractivity contribution < 1.29 is 34.2 Å². The summed E-state index contributed by atoms with van der Waals surface area (Å²) in [5.41, 5.74) is 10.8. The number of aliphatic hydroxyl groups excluding tert-OH is 1. The fraction of sp³-hybridized carbons (Fsp3) is 0.722. The predicted octanol–water partition coefficient (Wildman–Crippen LogP) is -2.53. The summed E-state index contributed by atoms with van der Waals surface area (Å²) in [6, 6.07) is -4.96. The lowest BCUT2D eigenvalue weighted by Crippen LogP contribution is -2.60. The van der Waals surface area contributed by atoms with Gasteiger partial charge in [-0.2, -0.15) is 12.6 Å². The maximum atomic E-state index is 12.5. The monoisotopic (exact) mass is 463 g/mol. The standard InChI is InChI=1S/C18H33N5O7S/c1-8(2)6-10(19)15(26)22-12(7-31)16(27)23-14(9(3)24)17(28)21-11(18(29)30)4-5-13(20)25/h8-12,14,24,31H,4-7,19H2,1-3H3,(H2,20,25)(H,21,28)(H,22,26)(H,23,27)(H,29,30). The van der Waals surface area contributed by atoms with Crippen LogP contribution in [0.3, 0.4) is 0 Å². The first-order valence-electron chi connectivity index (χ1n) is 9.76. The van der Waals surface area contributed by atoms with Crippen LogP contribution in [0, 0.1) is 5.92 Å². The molecule has 0 rings (SSSR count). The van der Waals surface area contributed by atoms with Gasteiger partial charge in [-0.05, 0) is 25.7 Å². The van der Waals surface area contributed by atoms with Crippen molar-refractivity contribution in [2.24, 2.45) is 17.4 Å². The molecule has 0 saturated carbocycles. The van der Waals surface area contributed by atoms with Gasteiger partial charge >= 0.3 is 5.97 Å². The summed E-state index contributed by atoms with van der Waals surface area (Å²) in [6.45, 7) is 4.99. The minimum Gasteiger partial charge on any atom is -0.480 e. The molecule has 0 saturated heterocycles. The molecule has 0 radical (unpaired) electrons. The van der Waals surface area contributed by atoms with Gasteiger partial charge in [-0.15, -0.1) is 0 Å². The van der Waals surface area contributed by atoms with E-state index in [1.165, 1.54) is 6.92 Å². The number of nitrogens with two attached hydrogens (primary N) is 2. The number of rotatable bonds is 14. The molecule has 4 amide bonds. The molecule has 0 aromatic heterocycles. The van der Waals surface area contributed by atoms with Crippen molar-refractivity contribution in [2.75, 3.05) is 5.75 Å². The number of nitrogens with one attached hydrogen (secondary N) is 3. The maximum absolute atomic E-state index is 12.5. The van der Waals surface area contributed by atoms with Gasteiger partial charge in [0.15, 0.2) is 0 Å². The van der Waals surface area contributed by atoms with Crippen molar-refractivity contribution >= 4 is 42.2 Å². The summed E-state index contributed by atoms with van der Waals surface area (Å²) in [5, 5.41) is 25.9. The van der Waals surface area contributed by atoms with Gasteiger partial charge in [-0.3, -0.25) is 19.2 Å². The van der Waals surface area contributed by atoms with E-state index in [-0.39, 0.29) is 24.5 Å². The molecule has 0 spiro atoms. The Balaban J connectivity index is 5.17. The zero-order chi connectivity index (χ0) is 24.3. The first-order chi connectivity index (χ1) is 14.3. The number of primary amides is 1. The SMILES string of the molecule is CC(C)CC(N)C(=O)NC(CS)C(=O)NC(C(=O)NC(CCC(N)=O)C(=O)O)C(C)O. The molecular formula is C18H33N5O7S. The third-order valence-electron chi connectivity index (χ3n) is 4.23. The van der Waals surface area contributed by atoms with Gasteiger partial charge in [-0.25, -0.2) is 4.79 Å². The lowest BCUT2D eigenvalue weighted by molar-refractivity contribution is -0.143. The van der Waals surface area contributed by atoms with E-state index >= 15 is 0 Å². The Bertz CT molecular complexity index is 659. The number of hydrogen-bond acceptors (Lipinski definition) is 8. The van der Waals surface area contributed by atoms with Gasteiger partial charge in [0.25, 0.3) is 0 Å². The smallest absolute Gasteiger partial charge is 0.326 e. The fourth-order valence-electron chi connectivity index (χ4n) is 2.55. The van der Waals surface area contributed by atoms with Crippen molar-refractivity contribution in [3.8, 4) is 0 Å². The number of thiol groups is 1. The summed E-state index contributed by atoms with van der Waals surface area (Å²) in [6.07, 6.45) is -1.55. The van der Waals surface area contributed by atoms with Gasteiger partial charge < -0.3 is 37.6 Å². The highest BCUT2D eigenvalue weighted by Crippen LogP contribution is 2.04. The van der Waals surface area contributed by atoms with Crippen LogP contribution in [0.4, 0.5) is 0 Å². The number of hydrogen-bond donors (Lipinski definition) is 8. The lowest BCUT2D eigenvalue weighted by atomic mass is 10.0. The molecular weight excluding hydrogens is 430 g/mol. The average molecular weight is 464 g/mol. The molecule has 178 valence electrons. The Kier molecular flexibility index (Phi) is 12.8. The number of carboxylic acids is 1. The van der Waals surface area contributed by atoms with Crippen LogP contribution in [0.5, 0.6) is 0 Å². The highest BCUT2D eigenvalue weighted by molar-refractivity contribution is 7.80. The molecule has 31 heavy (non-hydrogen) atoms. The Morgan fingerprint density at radius 1 is 0.935 bits per heavy atom. The summed E-state index contributed by atoms with van der Waals surface area (Å²) in [7, 11) is 0. The molecule has 0 aliphatic carbocycles. The van der Waals surface area contributed by atoms with Crippen LogP contribution in [0.1, 0.15) is 40.0 Å². The molecule has 5 unspecified atom stereocenters. The summed E-state index contributed by atoms with van der Waals surface area (Å²) in [4.78, 5) is 59.3. The van der Waals surface area contributed by atoms with E-state index in [1.807, 2.05) is 13.8 Å². The van der Waals surface area contributed by atoms with E-state index in [1.54, 1.807) is 0 Å². The summed E-state index contributed by atoms with van der Waals surface area (Å²) < 4.78 is 0. The van der Waals surface area contributed by atoms with Gasteiger partial charge in [0.2, 0.25) is 23.6 Å². The second-order valence-corrected chi connectivity index (χ2v) is 7.98. The minimum absolute atomic E-state index is 0.115. The van der Waals surface area contributed by atoms with E-state index in [9.17, 15) is 34.2 Å². The van der Waals surface area contributed by atoms with E-state index in [0.717, 1.165) is 0 Å². The van der Waals surface area contributed by atoms with E-state index in [4.69, 9.17) is 11.5 Å². The zero-order valence-corrected chi connectivity index (χ0v) is 18.7. The van der Waals surface area contributed by atoms with E-state index in [0.29, 0.717) is 6.42 Å². The van der Waals surface area contributed by atoms with Crippen LogP contribution in [0.2, 0.25) is 0 Å². The van der Waals surface area contributed by atoms with Crippen molar-refractivity contribution in [1.82, 2.24) is 16.0 Å². The topological polar surface area (TPSA) is 214 Å². The first kappa shape index (κ1) is 28.6. The summed E-state index contributed by atoms with van der Waals surface area (Å²) in [5.74, 6) is -4.49. The molecule has 9 N–H and O–H groups in total. The van der Waals surface area contributed by atoms with Crippen molar-refractivity contribution in [3.63, 3.8) is 0 Å². The normalized spacial score (nSPS) is 15.8. The van der Waals surface area contributed by atoms with Crippen LogP contribution in [-0.2, 0) is 24.0 Å². The number of amides is 4. The second-order valence-electron chi connectivity index (χ2n) is 7.61.